The molecule has 1 amide bonds. The number of halogens is 6. The van der Waals surface area contributed by atoms with Crippen molar-refractivity contribution in [2.75, 3.05) is 13.1 Å². The summed E-state index contributed by atoms with van der Waals surface area (Å²) in [6, 6.07) is 5.56. The maximum atomic E-state index is 14.4. The normalized spacial score (nSPS) is 17.6. The van der Waals surface area contributed by atoms with E-state index in [-0.39, 0.29) is 31.5 Å². The molecule has 0 saturated carbocycles. The van der Waals surface area contributed by atoms with Crippen LogP contribution < -0.4 is 0 Å². The van der Waals surface area contributed by atoms with E-state index >= 15 is 0 Å². The van der Waals surface area contributed by atoms with Crippen LogP contribution in [0.15, 0.2) is 28.7 Å². The number of hydrogen-bond acceptors (Lipinski definition) is 1. The van der Waals surface area contributed by atoms with Crippen molar-refractivity contribution in [3.63, 3.8) is 0 Å². The van der Waals surface area contributed by atoms with Gasteiger partial charge in [-0.3, -0.25) is 4.79 Å². The average Bonchev–Trinajstić information content (AvgIpc) is 2.46. The summed E-state index contributed by atoms with van der Waals surface area (Å²) in [5, 5.41) is 0. The molecule has 0 N–H and O–H groups in total. The lowest BCUT2D eigenvalue weighted by Gasteiger charge is -2.36. The molecule has 2 nitrogen and oxygen atoms in total. The lowest BCUT2D eigenvalue weighted by Crippen LogP contribution is -2.47. The van der Waals surface area contributed by atoms with Gasteiger partial charge in [0.1, 0.15) is 0 Å². The monoisotopic (exact) mass is 385 g/mol. The molecule has 0 bridgehead atoms. The molecule has 0 aromatic heterocycles. The Morgan fingerprint density at radius 2 is 1.55 bits per heavy atom. The first kappa shape index (κ1) is 17.2. The maximum Gasteiger partial charge on any atom is 0.471 e. The van der Waals surface area contributed by atoms with E-state index in [2.05, 4.69) is 15.9 Å². The highest BCUT2D eigenvalue weighted by Crippen LogP contribution is 2.42. The molecule has 0 unspecified atom stereocenters. The van der Waals surface area contributed by atoms with E-state index in [4.69, 9.17) is 0 Å². The van der Waals surface area contributed by atoms with E-state index in [1.165, 1.54) is 24.3 Å². The van der Waals surface area contributed by atoms with E-state index < -0.39 is 23.9 Å². The second-order valence-electron chi connectivity index (χ2n) is 5.19. The number of piperidine rings is 1. The SMILES string of the molecule is O=C(N1CCC(C(F)(F)c2ccc(Br)cc2)CC1)C(F)(F)F. The minimum absolute atomic E-state index is 0.162. The van der Waals surface area contributed by atoms with Crippen molar-refractivity contribution in [2.45, 2.75) is 24.9 Å². The summed E-state index contributed by atoms with van der Waals surface area (Å²) in [7, 11) is 0. The van der Waals surface area contributed by atoms with Crippen molar-refractivity contribution in [1.29, 1.82) is 0 Å². The first-order valence-corrected chi connectivity index (χ1v) is 7.41. The Balaban J connectivity index is 2.04. The van der Waals surface area contributed by atoms with Crippen LogP contribution in [0.3, 0.4) is 0 Å². The van der Waals surface area contributed by atoms with Gasteiger partial charge in [0.25, 0.3) is 5.92 Å². The fourth-order valence-electron chi connectivity index (χ4n) is 2.53. The van der Waals surface area contributed by atoms with Gasteiger partial charge in [-0.2, -0.15) is 13.2 Å². The average molecular weight is 386 g/mol. The molecule has 122 valence electrons. The van der Waals surface area contributed by atoms with Crippen molar-refractivity contribution in [2.24, 2.45) is 5.92 Å². The van der Waals surface area contributed by atoms with Gasteiger partial charge in [0.2, 0.25) is 0 Å². The number of likely N-dealkylation sites (tertiary alicyclic amines) is 1. The number of amides is 1. The lowest BCUT2D eigenvalue weighted by molar-refractivity contribution is -0.188. The number of carbonyl (C=O) groups is 1. The van der Waals surface area contributed by atoms with Crippen LogP contribution in [0.2, 0.25) is 0 Å². The highest BCUT2D eigenvalue weighted by Gasteiger charge is 2.47. The Hall–Kier alpha value is -1.18. The first-order chi connectivity index (χ1) is 10.1. The topological polar surface area (TPSA) is 20.3 Å². The van der Waals surface area contributed by atoms with Gasteiger partial charge in [-0.15, -0.1) is 0 Å². The van der Waals surface area contributed by atoms with Crippen LogP contribution in [0.5, 0.6) is 0 Å². The second-order valence-corrected chi connectivity index (χ2v) is 6.11. The van der Waals surface area contributed by atoms with Gasteiger partial charge >= 0.3 is 12.1 Å². The van der Waals surface area contributed by atoms with E-state index in [1.54, 1.807) is 0 Å². The predicted octanol–water partition coefficient (Wildman–Crippen LogP) is 4.34. The molecule has 1 heterocycles. The first-order valence-electron chi connectivity index (χ1n) is 6.62. The summed E-state index contributed by atoms with van der Waals surface area (Å²) in [5.41, 5.74) is -0.170. The van der Waals surface area contributed by atoms with Crippen LogP contribution in [0.4, 0.5) is 22.0 Å². The minimum atomic E-state index is -4.96. The van der Waals surface area contributed by atoms with Crippen LogP contribution in [0, 0.1) is 5.92 Å². The second kappa shape index (κ2) is 6.14. The molecular weight excluding hydrogens is 373 g/mol. The molecule has 2 rings (SSSR count). The Labute approximate surface area is 132 Å². The van der Waals surface area contributed by atoms with Gasteiger partial charge in [-0.1, -0.05) is 28.1 Å². The van der Waals surface area contributed by atoms with Gasteiger partial charge in [-0.05, 0) is 25.0 Å². The zero-order valence-electron chi connectivity index (χ0n) is 11.3. The van der Waals surface area contributed by atoms with Gasteiger partial charge in [-0.25, -0.2) is 8.78 Å². The molecule has 0 aliphatic carbocycles. The molecule has 1 aliphatic rings. The zero-order chi connectivity index (χ0) is 16.5. The van der Waals surface area contributed by atoms with Crippen LogP contribution >= 0.6 is 15.9 Å². The molecule has 0 spiro atoms. The molecule has 1 aromatic rings. The van der Waals surface area contributed by atoms with Crippen LogP contribution in [-0.2, 0) is 10.7 Å². The third kappa shape index (κ3) is 3.59. The van der Waals surface area contributed by atoms with Gasteiger partial charge in [0, 0.05) is 29.0 Å². The molecule has 0 atom stereocenters. The summed E-state index contributed by atoms with van der Waals surface area (Å²) < 4.78 is 66.4. The van der Waals surface area contributed by atoms with Crippen molar-refractivity contribution < 1.29 is 26.7 Å². The van der Waals surface area contributed by atoms with Crippen molar-refractivity contribution in [3.8, 4) is 0 Å². The number of nitrogens with zero attached hydrogens (tertiary/aromatic N) is 1. The summed E-state index contributed by atoms with van der Waals surface area (Å²) in [6.07, 6.45) is -5.28. The van der Waals surface area contributed by atoms with Crippen molar-refractivity contribution in [3.05, 3.63) is 34.3 Å². The highest BCUT2D eigenvalue weighted by molar-refractivity contribution is 9.10. The quantitative estimate of drug-likeness (QED) is 0.693. The largest absolute Gasteiger partial charge is 0.471 e. The molecule has 0 radical (unpaired) electrons. The lowest BCUT2D eigenvalue weighted by atomic mass is 9.86. The Morgan fingerprint density at radius 3 is 2.00 bits per heavy atom. The van der Waals surface area contributed by atoms with Gasteiger partial charge < -0.3 is 4.90 Å². The molecule has 22 heavy (non-hydrogen) atoms. The molecule has 1 saturated heterocycles. The van der Waals surface area contributed by atoms with Crippen LogP contribution in [-0.4, -0.2) is 30.1 Å². The molecular formula is C14H13BrF5NO. The highest BCUT2D eigenvalue weighted by atomic mass is 79.9. The van der Waals surface area contributed by atoms with Crippen molar-refractivity contribution >= 4 is 21.8 Å². The van der Waals surface area contributed by atoms with Crippen LogP contribution in [0.25, 0.3) is 0 Å². The molecule has 1 fully saturated rings. The smallest absolute Gasteiger partial charge is 0.335 e. The molecule has 8 heteroatoms. The maximum absolute atomic E-state index is 14.4. The van der Waals surface area contributed by atoms with E-state index in [0.717, 1.165) is 0 Å². The van der Waals surface area contributed by atoms with Gasteiger partial charge in [0.05, 0.1) is 0 Å². The van der Waals surface area contributed by atoms with E-state index in [0.29, 0.717) is 9.37 Å². The minimum Gasteiger partial charge on any atom is -0.335 e. The fourth-order valence-corrected chi connectivity index (χ4v) is 2.80. The van der Waals surface area contributed by atoms with Crippen molar-refractivity contribution in [1.82, 2.24) is 4.90 Å². The van der Waals surface area contributed by atoms with E-state index in [9.17, 15) is 26.7 Å². The summed E-state index contributed by atoms with van der Waals surface area (Å²) >= 11 is 3.15. The molecule has 1 aromatic carbocycles. The number of carbonyl (C=O) groups excluding carboxylic acids is 1. The number of hydrogen-bond donors (Lipinski definition) is 0. The predicted molar refractivity (Wildman–Crippen MR) is 73.4 cm³/mol. The van der Waals surface area contributed by atoms with E-state index in [1.807, 2.05) is 0 Å². The van der Waals surface area contributed by atoms with Crippen LogP contribution in [0.1, 0.15) is 18.4 Å². The third-order valence-electron chi connectivity index (χ3n) is 3.77. The Kier molecular flexibility index (Phi) is 4.79. The third-order valence-corrected chi connectivity index (χ3v) is 4.30. The summed E-state index contributed by atoms with van der Waals surface area (Å²) in [4.78, 5) is 11.7. The summed E-state index contributed by atoms with van der Waals surface area (Å²) in [6.45, 7) is -0.621. The molecule has 1 aliphatic heterocycles. The Bertz CT molecular complexity index is 535. The summed E-state index contributed by atoms with van der Waals surface area (Å²) in [5.74, 6) is -6.17. The Morgan fingerprint density at radius 1 is 1.05 bits per heavy atom. The fraction of sp³-hybridized carbons (Fsp3) is 0.500. The standard InChI is InChI=1S/C14H13BrF5NO/c15-11-3-1-9(2-4-11)13(16,17)10-5-7-21(8-6-10)12(22)14(18,19)20/h1-4,10H,5-8H2. The zero-order valence-corrected chi connectivity index (χ0v) is 12.9. The number of rotatable bonds is 2. The number of alkyl halides is 5. The number of benzene rings is 1. The van der Waals surface area contributed by atoms with Gasteiger partial charge in [0.15, 0.2) is 0 Å².